The Balaban J connectivity index is 1.26. The Morgan fingerprint density at radius 1 is 1.02 bits per heavy atom. The number of hydrogen-bond acceptors (Lipinski definition) is 7. The Morgan fingerprint density at radius 3 is 2.35 bits per heavy atom. The monoisotopic (exact) mass is 602 g/mol. The van der Waals surface area contributed by atoms with Crippen LogP contribution in [0.4, 0.5) is 0 Å². The number of carbonyl (C=O) groups excluding carboxylic acids is 1. The third-order valence-corrected chi connectivity index (χ3v) is 14.7. The molecular weight excluding hydrogens is 544 g/mol. The predicted octanol–water partition coefficient (Wildman–Crippen LogP) is 5.78. The number of rotatable bonds is 6. The Bertz CT molecular complexity index is 1150. The summed E-state index contributed by atoms with van der Waals surface area (Å²) in [4.78, 5) is 12.7. The van der Waals surface area contributed by atoms with E-state index in [1.54, 1.807) is 27.0 Å². The second-order valence-corrected chi connectivity index (χ2v) is 17.5. The first-order valence-electron chi connectivity index (χ1n) is 17.0. The number of methoxy groups -OCH3 is 1. The number of allylic oxidation sites excluding steroid dienone is 1. The standard InChI is InChI=1S/C36H58O7/c1-20(2)16-28(38)43-27-12-13-33(7)24-11-14-35-19-36(35,34(24,8)26(37)18-25(33)31(27,3)4)15-10-22(35)21-17-23(42-30(21)41-9)29(39)32(5,6)40/h16,21-27,29-30,37,39-40H,10-15,17-19H2,1-9H3/t21-,22+,23?,24+,25-,26+,27+,29?,30+,33+,34-,35+,36+/m0/s1. The number of esters is 1. The number of fused-ring (bicyclic) bond motifs is 3. The molecule has 0 aromatic heterocycles. The third kappa shape index (κ3) is 4.26. The highest BCUT2D eigenvalue weighted by Crippen LogP contribution is 2.91. The van der Waals surface area contributed by atoms with Gasteiger partial charge in [-0.15, -0.1) is 0 Å². The molecule has 3 N–H and O–H groups in total. The van der Waals surface area contributed by atoms with Gasteiger partial charge in [-0.3, -0.25) is 0 Å². The summed E-state index contributed by atoms with van der Waals surface area (Å²) in [5.74, 6) is 1.04. The van der Waals surface area contributed by atoms with Crippen molar-refractivity contribution in [1.82, 2.24) is 0 Å². The summed E-state index contributed by atoms with van der Waals surface area (Å²) in [6.45, 7) is 16.6. The van der Waals surface area contributed by atoms with Crippen LogP contribution in [0, 0.1) is 50.7 Å². The Hall–Kier alpha value is -0.990. The van der Waals surface area contributed by atoms with E-state index in [-0.39, 0.29) is 57.3 Å². The molecule has 0 spiro atoms. The maximum absolute atomic E-state index is 12.7. The maximum Gasteiger partial charge on any atom is 0.330 e. The van der Waals surface area contributed by atoms with Crippen molar-refractivity contribution in [2.45, 2.75) is 149 Å². The van der Waals surface area contributed by atoms with Crippen molar-refractivity contribution in [2.75, 3.05) is 7.11 Å². The van der Waals surface area contributed by atoms with Gasteiger partial charge < -0.3 is 29.5 Å². The SMILES string of the molecule is CO[C@@H]1OC(C(O)C(C)(C)O)C[C@H]1[C@H]1CC[C@]23C[C@]12CC[C@@H]1[C@@]2(C)CC[C@@H](OC(=O)C=C(C)C)C(C)(C)[C@@H]2C[C@@H](O)[C@]13C. The summed E-state index contributed by atoms with van der Waals surface area (Å²) < 4.78 is 18.2. The van der Waals surface area contributed by atoms with Crippen LogP contribution in [0.2, 0.25) is 0 Å². The van der Waals surface area contributed by atoms with Gasteiger partial charge in [0.15, 0.2) is 6.29 Å². The second kappa shape index (κ2) is 10.0. The first kappa shape index (κ1) is 32.0. The molecule has 0 radical (unpaired) electrons. The summed E-state index contributed by atoms with van der Waals surface area (Å²) in [7, 11) is 1.70. The lowest BCUT2D eigenvalue weighted by molar-refractivity contribution is -0.245. The summed E-state index contributed by atoms with van der Waals surface area (Å²) in [5.41, 5.74) is -0.320. The van der Waals surface area contributed by atoms with Crippen molar-refractivity contribution in [3.8, 4) is 0 Å². The summed E-state index contributed by atoms with van der Waals surface area (Å²) in [6.07, 6.45) is 8.24. The second-order valence-electron chi connectivity index (χ2n) is 17.5. The van der Waals surface area contributed by atoms with Crippen LogP contribution >= 0.6 is 0 Å². The number of hydrogen-bond donors (Lipinski definition) is 3. The molecule has 43 heavy (non-hydrogen) atoms. The van der Waals surface area contributed by atoms with E-state index in [0.29, 0.717) is 18.3 Å². The number of aliphatic hydroxyl groups excluding tert-OH is 2. The zero-order valence-electron chi connectivity index (χ0n) is 28.1. The lowest BCUT2D eigenvalue weighted by Gasteiger charge is -2.68. The highest BCUT2D eigenvalue weighted by molar-refractivity contribution is 5.82. The molecule has 13 atom stereocenters. The topological polar surface area (TPSA) is 105 Å². The fourth-order valence-electron chi connectivity index (χ4n) is 12.8. The van der Waals surface area contributed by atoms with E-state index >= 15 is 0 Å². The molecule has 0 aromatic rings. The molecule has 5 saturated carbocycles. The third-order valence-electron chi connectivity index (χ3n) is 14.7. The van der Waals surface area contributed by atoms with E-state index in [2.05, 4.69) is 27.7 Å². The quantitative estimate of drug-likeness (QED) is 0.261. The lowest BCUT2D eigenvalue weighted by Crippen LogP contribution is -2.66. The summed E-state index contributed by atoms with van der Waals surface area (Å²) in [6, 6.07) is 0. The molecule has 5 aliphatic carbocycles. The fourth-order valence-corrected chi connectivity index (χ4v) is 12.8. The Kier molecular flexibility index (Phi) is 7.44. The van der Waals surface area contributed by atoms with Gasteiger partial charge in [0, 0.05) is 29.9 Å². The number of ether oxygens (including phenoxy) is 3. The van der Waals surface area contributed by atoms with E-state index in [1.807, 2.05) is 13.8 Å². The van der Waals surface area contributed by atoms with Crippen LogP contribution in [0.1, 0.15) is 113 Å². The van der Waals surface area contributed by atoms with Gasteiger partial charge in [-0.25, -0.2) is 4.79 Å². The van der Waals surface area contributed by atoms with Gasteiger partial charge in [0.25, 0.3) is 0 Å². The molecular formula is C36H58O7. The molecule has 7 nitrogen and oxygen atoms in total. The molecule has 2 unspecified atom stereocenters. The van der Waals surface area contributed by atoms with Crippen molar-refractivity contribution in [3.05, 3.63) is 11.6 Å². The number of aliphatic hydroxyl groups is 3. The van der Waals surface area contributed by atoms with Crippen molar-refractivity contribution in [3.63, 3.8) is 0 Å². The highest BCUT2D eigenvalue weighted by atomic mass is 16.7. The van der Waals surface area contributed by atoms with Crippen molar-refractivity contribution >= 4 is 5.97 Å². The van der Waals surface area contributed by atoms with Gasteiger partial charge in [-0.1, -0.05) is 33.3 Å². The molecule has 1 heterocycles. The lowest BCUT2D eigenvalue weighted by atomic mass is 9.37. The van der Waals surface area contributed by atoms with Gasteiger partial charge in [0.2, 0.25) is 0 Å². The zero-order valence-corrected chi connectivity index (χ0v) is 28.1. The smallest absolute Gasteiger partial charge is 0.330 e. The van der Waals surface area contributed by atoms with Crippen molar-refractivity contribution < 1.29 is 34.3 Å². The molecule has 0 aromatic carbocycles. The summed E-state index contributed by atoms with van der Waals surface area (Å²) >= 11 is 0. The first-order chi connectivity index (χ1) is 19.9. The molecule has 244 valence electrons. The van der Waals surface area contributed by atoms with Gasteiger partial charge >= 0.3 is 5.97 Å². The van der Waals surface area contributed by atoms with E-state index < -0.39 is 23.9 Å². The van der Waals surface area contributed by atoms with E-state index in [0.717, 1.165) is 56.9 Å². The fraction of sp³-hybridized carbons (Fsp3) is 0.917. The van der Waals surface area contributed by atoms with Crippen molar-refractivity contribution in [2.24, 2.45) is 50.7 Å². The predicted molar refractivity (Wildman–Crippen MR) is 164 cm³/mol. The van der Waals surface area contributed by atoms with Crippen LogP contribution in [-0.4, -0.2) is 64.7 Å². The average molecular weight is 603 g/mol. The Morgan fingerprint density at radius 2 is 1.72 bits per heavy atom. The molecule has 1 aliphatic heterocycles. The average Bonchev–Trinajstić information content (AvgIpc) is 3.23. The van der Waals surface area contributed by atoms with Crippen molar-refractivity contribution in [1.29, 1.82) is 0 Å². The van der Waals surface area contributed by atoms with Gasteiger partial charge in [0.1, 0.15) is 12.2 Å². The molecule has 1 saturated heterocycles. The molecule has 0 amide bonds. The first-order valence-corrected chi connectivity index (χ1v) is 17.0. The molecule has 7 heteroatoms. The van der Waals surface area contributed by atoms with Gasteiger partial charge in [-0.05, 0) is 119 Å². The minimum atomic E-state index is -1.24. The van der Waals surface area contributed by atoms with Gasteiger partial charge in [0.05, 0.1) is 17.8 Å². The van der Waals surface area contributed by atoms with E-state index in [4.69, 9.17) is 14.2 Å². The zero-order chi connectivity index (χ0) is 31.5. The van der Waals surface area contributed by atoms with Crippen LogP contribution in [-0.2, 0) is 19.0 Å². The molecule has 6 rings (SSSR count). The molecule has 6 fully saturated rings. The minimum Gasteiger partial charge on any atom is -0.459 e. The highest BCUT2D eigenvalue weighted by Gasteiger charge is 2.86. The largest absolute Gasteiger partial charge is 0.459 e. The molecule has 6 aliphatic rings. The maximum atomic E-state index is 12.7. The van der Waals surface area contributed by atoms with E-state index in [1.165, 1.54) is 0 Å². The normalized spacial score (nSPS) is 50.5. The minimum absolute atomic E-state index is 0.0753. The Labute approximate surface area is 259 Å². The number of carbonyl (C=O) groups is 1. The van der Waals surface area contributed by atoms with Crippen LogP contribution < -0.4 is 0 Å². The molecule has 0 bridgehead atoms. The van der Waals surface area contributed by atoms with Gasteiger partial charge in [-0.2, -0.15) is 0 Å². The van der Waals surface area contributed by atoms with E-state index in [9.17, 15) is 20.1 Å². The van der Waals surface area contributed by atoms with Crippen LogP contribution in [0.25, 0.3) is 0 Å². The summed E-state index contributed by atoms with van der Waals surface area (Å²) in [5, 5.41) is 33.7. The van der Waals surface area contributed by atoms with Crippen LogP contribution in [0.15, 0.2) is 11.6 Å². The van der Waals surface area contributed by atoms with Crippen LogP contribution in [0.3, 0.4) is 0 Å². The van der Waals surface area contributed by atoms with Crippen LogP contribution in [0.5, 0.6) is 0 Å².